The summed E-state index contributed by atoms with van der Waals surface area (Å²) in [4.78, 5) is 16.7. The van der Waals surface area contributed by atoms with Crippen LogP contribution in [0.1, 0.15) is 21.5 Å². The molecule has 0 saturated carbocycles. The van der Waals surface area contributed by atoms with Crippen molar-refractivity contribution in [2.75, 3.05) is 5.43 Å². The van der Waals surface area contributed by atoms with E-state index in [-0.39, 0.29) is 5.97 Å². The van der Waals surface area contributed by atoms with E-state index in [0.717, 1.165) is 22.4 Å². The summed E-state index contributed by atoms with van der Waals surface area (Å²) in [5.41, 5.74) is 7.35. The number of hydrogen-bond donors (Lipinski definition) is 1. The average Bonchev–Trinajstić information content (AvgIpc) is 3.24. The van der Waals surface area contributed by atoms with Crippen LogP contribution < -0.4 is 10.2 Å². The molecule has 0 saturated heterocycles. The van der Waals surface area contributed by atoms with Gasteiger partial charge in [-0.2, -0.15) is 5.10 Å². The average molecular weight is 414 g/mol. The molecule has 148 valence electrons. The van der Waals surface area contributed by atoms with Gasteiger partial charge in [-0.05, 0) is 48.9 Å². The zero-order valence-electron chi connectivity index (χ0n) is 16.3. The molecule has 0 bridgehead atoms. The van der Waals surface area contributed by atoms with Crippen LogP contribution in [0.4, 0.5) is 5.13 Å². The maximum absolute atomic E-state index is 12.2. The SMILES string of the molecule is Cc1cccc(C(=O)Oc2ccc(C=NNc3nc(-c4ccccc4)cs3)cc2)c1. The molecule has 5 nitrogen and oxygen atoms in total. The predicted octanol–water partition coefficient (Wildman–Crippen LogP) is 5.78. The Labute approximate surface area is 178 Å². The van der Waals surface area contributed by atoms with Gasteiger partial charge in [-0.15, -0.1) is 11.3 Å². The van der Waals surface area contributed by atoms with Gasteiger partial charge in [0.15, 0.2) is 0 Å². The van der Waals surface area contributed by atoms with E-state index in [9.17, 15) is 4.79 Å². The van der Waals surface area contributed by atoms with Gasteiger partial charge in [0.05, 0.1) is 17.5 Å². The number of ether oxygens (including phenoxy) is 1. The summed E-state index contributed by atoms with van der Waals surface area (Å²) >= 11 is 1.49. The molecule has 4 rings (SSSR count). The Kier molecular flexibility index (Phi) is 5.96. The number of anilines is 1. The van der Waals surface area contributed by atoms with Gasteiger partial charge in [-0.3, -0.25) is 5.43 Å². The highest BCUT2D eigenvalue weighted by atomic mass is 32.1. The molecular weight excluding hydrogens is 394 g/mol. The molecule has 0 radical (unpaired) electrons. The standard InChI is InChI=1S/C24H19N3O2S/c1-17-6-5-9-20(14-17)23(28)29-21-12-10-18(11-13-21)15-25-27-24-26-22(16-30-24)19-7-3-2-4-8-19/h2-16H,1H3,(H,26,27). The van der Waals surface area contributed by atoms with Crippen molar-refractivity contribution in [1.29, 1.82) is 0 Å². The highest BCUT2D eigenvalue weighted by Crippen LogP contribution is 2.24. The first-order valence-electron chi connectivity index (χ1n) is 9.36. The quantitative estimate of drug-likeness (QED) is 0.188. The first-order valence-corrected chi connectivity index (χ1v) is 10.2. The normalized spacial score (nSPS) is 10.8. The molecule has 4 aromatic rings. The molecular formula is C24H19N3O2S. The van der Waals surface area contributed by atoms with Gasteiger partial charge in [0, 0.05) is 10.9 Å². The Morgan fingerprint density at radius 1 is 1.03 bits per heavy atom. The molecule has 0 unspecified atom stereocenters. The van der Waals surface area contributed by atoms with E-state index in [0.29, 0.717) is 16.4 Å². The fraction of sp³-hybridized carbons (Fsp3) is 0.0417. The number of benzene rings is 3. The molecule has 1 N–H and O–H groups in total. The smallest absolute Gasteiger partial charge is 0.343 e. The lowest BCUT2D eigenvalue weighted by atomic mass is 10.1. The number of hydrazone groups is 1. The second-order valence-electron chi connectivity index (χ2n) is 6.60. The Morgan fingerprint density at radius 2 is 1.83 bits per heavy atom. The van der Waals surface area contributed by atoms with Gasteiger partial charge in [-0.25, -0.2) is 9.78 Å². The summed E-state index contributed by atoms with van der Waals surface area (Å²) in [5, 5.41) is 6.94. The van der Waals surface area contributed by atoms with E-state index < -0.39 is 0 Å². The van der Waals surface area contributed by atoms with Gasteiger partial charge in [0.25, 0.3) is 0 Å². The van der Waals surface area contributed by atoms with E-state index in [2.05, 4.69) is 15.5 Å². The summed E-state index contributed by atoms with van der Waals surface area (Å²) in [6.07, 6.45) is 1.69. The molecule has 0 spiro atoms. The van der Waals surface area contributed by atoms with Gasteiger partial charge < -0.3 is 4.74 Å². The highest BCUT2D eigenvalue weighted by molar-refractivity contribution is 7.14. The van der Waals surface area contributed by atoms with E-state index >= 15 is 0 Å². The number of hydrogen-bond acceptors (Lipinski definition) is 6. The second-order valence-corrected chi connectivity index (χ2v) is 7.46. The van der Waals surface area contributed by atoms with E-state index in [1.807, 2.05) is 66.9 Å². The minimum absolute atomic E-state index is 0.375. The van der Waals surface area contributed by atoms with Crippen LogP contribution in [0.25, 0.3) is 11.3 Å². The Hall–Kier alpha value is -3.77. The number of aromatic nitrogens is 1. The third-order valence-corrected chi connectivity index (χ3v) is 5.04. The van der Waals surface area contributed by atoms with Crippen LogP contribution in [0.5, 0.6) is 5.75 Å². The summed E-state index contributed by atoms with van der Waals surface area (Å²) in [7, 11) is 0. The Bertz CT molecular complexity index is 1170. The van der Waals surface area contributed by atoms with Crippen molar-refractivity contribution in [3.8, 4) is 17.0 Å². The minimum atomic E-state index is -0.375. The highest BCUT2D eigenvalue weighted by Gasteiger charge is 2.08. The van der Waals surface area contributed by atoms with Crippen molar-refractivity contribution in [1.82, 2.24) is 4.98 Å². The van der Waals surface area contributed by atoms with Crippen molar-refractivity contribution >= 4 is 28.7 Å². The van der Waals surface area contributed by atoms with Crippen LogP contribution in [0.2, 0.25) is 0 Å². The molecule has 1 heterocycles. The molecule has 3 aromatic carbocycles. The maximum atomic E-state index is 12.2. The Morgan fingerprint density at radius 3 is 2.60 bits per heavy atom. The van der Waals surface area contributed by atoms with Crippen molar-refractivity contribution in [3.63, 3.8) is 0 Å². The lowest BCUT2D eigenvalue weighted by Gasteiger charge is -2.05. The number of nitrogens with zero attached hydrogens (tertiary/aromatic N) is 2. The number of esters is 1. The van der Waals surface area contributed by atoms with Crippen LogP contribution in [-0.4, -0.2) is 17.2 Å². The second kappa shape index (κ2) is 9.15. The molecule has 1 aromatic heterocycles. The fourth-order valence-electron chi connectivity index (χ4n) is 2.79. The molecule has 0 amide bonds. The molecule has 0 fully saturated rings. The molecule has 0 aliphatic rings. The van der Waals surface area contributed by atoms with Crippen molar-refractivity contribution < 1.29 is 9.53 Å². The van der Waals surface area contributed by atoms with Crippen LogP contribution in [0.3, 0.4) is 0 Å². The molecule has 0 atom stereocenters. The monoisotopic (exact) mass is 413 g/mol. The van der Waals surface area contributed by atoms with Crippen molar-refractivity contribution in [2.24, 2.45) is 5.10 Å². The number of nitrogens with one attached hydrogen (secondary N) is 1. The van der Waals surface area contributed by atoms with E-state index in [4.69, 9.17) is 4.74 Å². The zero-order chi connectivity index (χ0) is 20.8. The molecule has 0 aliphatic heterocycles. The zero-order valence-corrected chi connectivity index (χ0v) is 17.1. The van der Waals surface area contributed by atoms with Gasteiger partial charge in [0.1, 0.15) is 5.75 Å². The van der Waals surface area contributed by atoms with E-state index in [1.54, 1.807) is 30.5 Å². The van der Waals surface area contributed by atoms with Crippen LogP contribution in [-0.2, 0) is 0 Å². The maximum Gasteiger partial charge on any atom is 0.343 e. The molecule has 6 heteroatoms. The van der Waals surface area contributed by atoms with Crippen LogP contribution >= 0.6 is 11.3 Å². The number of aryl methyl sites for hydroxylation is 1. The summed E-state index contributed by atoms with van der Waals surface area (Å²) in [5.74, 6) is 0.110. The number of thiazole rings is 1. The van der Waals surface area contributed by atoms with Crippen LogP contribution in [0.15, 0.2) is 89.3 Å². The third kappa shape index (κ3) is 4.98. The minimum Gasteiger partial charge on any atom is -0.423 e. The topological polar surface area (TPSA) is 63.6 Å². The summed E-state index contributed by atoms with van der Waals surface area (Å²) < 4.78 is 5.42. The summed E-state index contributed by atoms with van der Waals surface area (Å²) in [6, 6.07) is 24.5. The summed E-state index contributed by atoms with van der Waals surface area (Å²) in [6.45, 7) is 1.94. The van der Waals surface area contributed by atoms with Crippen LogP contribution in [0, 0.1) is 6.92 Å². The van der Waals surface area contributed by atoms with Gasteiger partial charge >= 0.3 is 5.97 Å². The largest absolute Gasteiger partial charge is 0.423 e. The number of carbonyl (C=O) groups excluding carboxylic acids is 1. The van der Waals surface area contributed by atoms with Gasteiger partial charge in [-0.1, -0.05) is 48.0 Å². The van der Waals surface area contributed by atoms with E-state index in [1.165, 1.54) is 11.3 Å². The lowest BCUT2D eigenvalue weighted by Crippen LogP contribution is -2.08. The fourth-order valence-corrected chi connectivity index (χ4v) is 3.46. The lowest BCUT2D eigenvalue weighted by molar-refractivity contribution is 0.0734. The number of rotatable bonds is 6. The van der Waals surface area contributed by atoms with Gasteiger partial charge in [0.2, 0.25) is 5.13 Å². The predicted molar refractivity (Wildman–Crippen MR) is 121 cm³/mol. The van der Waals surface area contributed by atoms with Crippen molar-refractivity contribution in [2.45, 2.75) is 6.92 Å². The molecule has 0 aliphatic carbocycles. The van der Waals surface area contributed by atoms with Crippen molar-refractivity contribution in [3.05, 3.63) is 101 Å². The molecule has 30 heavy (non-hydrogen) atoms. The Balaban J connectivity index is 1.34. The third-order valence-electron chi connectivity index (χ3n) is 4.29. The first-order chi connectivity index (χ1) is 14.7. The number of carbonyl (C=O) groups is 1. The first kappa shape index (κ1) is 19.5.